The molecule has 0 heterocycles. The van der Waals surface area contributed by atoms with E-state index in [9.17, 15) is 8.42 Å². The minimum Gasteiger partial charge on any atom is -0.398 e. The van der Waals surface area contributed by atoms with E-state index in [4.69, 9.17) is 16.1 Å². The fraction of sp³-hybridized carbons (Fsp3) is 0.364. The fourth-order valence-electron chi connectivity index (χ4n) is 1.36. The second-order valence-electron chi connectivity index (χ2n) is 3.92. The number of nitrogens with two attached hydrogens (primary N) is 1. The van der Waals surface area contributed by atoms with Gasteiger partial charge in [-0.15, -0.1) is 0 Å². The molecule has 0 amide bonds. The van der Waals surface area contributed by atoms with Gasteiger partial charge in [0.15, 0.2) is 0 Å². The minimum atomic E-state index is -3.77. The smallest absolute Gasteiger partial charge is 0.245 e. The van der Waals surface area contributed by atoms with Crippen LogP contribution in [0.15, 0.2) is 23.1 Å². The summed E-state index contributed by atoms with van der Waals surface area (Å²) in [5.74, 6) is 0. The third-order valence-electron chi connectivity index (χ3n) is 2.68. The van der Waals surface area contributed by atoms with Crippen molar-refractivity contribution in [1.82, 2.24) is 4.31 Å². The molecular weight excluding hydrogens is 254 g/mol. The topological polar surface area (TPSA) is 107 Å². The van der Waals surface area contributed by atoms with Crippen molar-refractivity contribution >= 4 is 15.7 Å². The first-order chi connectivity index (χ1) is 8.34. The summed E-state index contributed by atoms with van der Waals surface area (Å²) in [4.78, 5) is -0.0655. The molecule has 0 saturated carbocycles. The number of hydrogen-bond donors (Lipinski definition) is 2. The summed E-state index contributed by atoms with van der Waals surface area (Å²) in [6, 6.07) is 5.33. The summed E-state index contributed by atoms with van der Waals surface area (Å²) in [7, 11) is -2.40. The molecule has 0 fully saturated rings. The SMILES string of the molecule is CC(CO)N(C)S(=O)(=O)c1ccc(C#N)cc1N. The van der Waals surface area contributed by atoms with Crippen molar-refractivity contribution in [3.8, 4) is 6.07 Å². The lowest BCUT2D eigenvalue weighted by Gasteiger charge is -2.23. The van der Waals surface area contributed by atoms with Gasteiger partial charge in [0.25, 0.3) is 0 Å². The zero-order chi connectivity index (χ0) is 13.9. The second kappa shape index (κ2) is 5.35. The Morgan fingerprint density at radius 1 is 1.56 bits per heavy atom. The van der Waals surface area contributed by atoms with Crippen LogP contribution < -0.4 is 5.73 Å². The largest absolute Gasteiger partial charge is 0.398 e. The van der Waals surface area contributed by atoms with Crippen LogP contribution in [0.5, 0.6) is 0 Å². The van der Waals surface area contributed by atoms with E-state index < -0.39 is 16.1 Å². The summed E-state index contributed by atoms with van der Waals surface area (Å²) in [5.41, 5.74) is 5.96. The van der Waals surface area contributed by atoms with Crippen LogP contribution in [-0.2, 0) is 10.0 Å². The Hall–Kier alpha value is -1.62. The van der Waals surface area contributed by atoms with E-state index in [1.807, 2.05) is 6.07 Å². The molecule has 0 aliphatic heterocycles. The number of likely N-dealkylation sites (N-methyl/N-ethyl adjacent to an activating group) is 1. The summed E-state index contributed by atoms with van der Waals surface area (Å²) in [6.45, 7) is 1.29. The van der Waals surface area contributed by atoms with E-state index in [0.29, 0.717) is 5.56 Å². The first kappa shape index (κ1) is 14.4. The van der Waals surface area contributed by atoms with E-state index in [0.717, 1.165) is 4.31 Å². The predicted octanol–water partition coefficient (Wildman–Crippen LogP) is 0.142. The number of nitrogen functional groups attached to an aromatic ring is 1. The molecule has 6 nitrogen and oxygen atoms in total. The van der Waals surface area contributed by atoms with Crippen molar-refractivity contribution in [1.29, 1.82) is 5.26 Å². The van der Waals surface area contributed by atoms with Crippen molar-refractivity contribution in [3.05, 3.63) is 23.8 Å². The number of anilines is 1. The quantitative estimate of drug-likeness (QED) is 0.756. The van der Waals surface area contributed by atoms with Crippen LogP contribution in [-0.4, -0.2) is 37.5 Å². The van der Waals surface area contributed by atoms with Gasteiger partial charge in [0.2, 0.25) is 10.0 Å². The van der Waals surface area contributed by atoms with Gasteiger partial charge in [-0.05, 0) is 25.1 Å². The van der Waals surface area contributed by atoms with Crippen LogP contribution in [0.2, 0.25) is 0 Å². The first-order valence-corrected chi connectivity index (χ1v) is 6.67. The summed E-state index contributed by atoms with van der Waals surface area (Å²) in [5, 5.41) is 17.7. The number of nitrogens with zero attached hydrogens (tertiary/aromatic N) is 2. The minimum absolute atomic E-state index is 0.0195. The zero-order valence-electron chi connectivity index (χ0n) is 10.2. The number of hydrogen-bond acceptors (Lipinski definition) is 5. The van der Waals surface area contributed by atoms with Crippen LogP contribution in [0.4, 0.5) is 5.69 Å². The number of nitriles is 1. The van der Waals surface area contributed by atoms with Crippen LogP contribution in [0.1, 0.15) is 12.5 Å². The van der Waals surface area contributed by atoms with Gasteiger partial charge in [-0.1, -0.05) is 0 Å². The molecule has 0 saturated heterocycles. The molecule has 0 aromatic heterocycles. The Morgan fingerprint density at radius 3 is 2.61 bits per heavy atom. The Balaban J connectivity index is 3.26. The molecule has 98 valence electrons. The molecule has 7 heteroatoms. The average molecular weight is 269 g/mol. The molecule has 1 unspecified atom stereocenters. The molecule has 1 rings (SSSR count). The Kier molecular flexibility index (Phi) is 4.29. The van der Waals surface area contributed by atoms with Crippen molar-refractivity contribution < 1.29 is 13.5 Å². The van der Waals surface area contributed by atoms with Crippen LogP contribution in [0.25, 0.3) is 0 Å². The molecule has 1 aromatic carbocycles. The van der Waals surface area contributed by atoms with Gasteiger partial charge in [-0.3, -0.25) is 0 Å². The lowest BCUT2D eigenvalue weighted by molar-refractivity contribution is 0.214. The molecule has 0 spiro atoms. The Bertz CT molecular complexity index is 578. The second-order valence-corrected chi connectivity index (χ2v) is 5.88. The van der Waals surface area contributed by atoms with Gasteiger partial charge in [-0.2, -0.15) is 9.57 Å². The highest BCUT2D eigenvalue weighted by atomic mass is 32.2. The number of aliphatic hydroxyl groups excluding tert-OH is 1. The molecule has 0 aliphatic carbocycles. The van der Waals surface area contributed by atoms with Crippen molar-refractivity contribution in [3.63, 3.8) is 0 Å². The van der Waals surface area contributed by atoms with Crippen molar-refractivity contribution in [2.45, 2.75) is 17.9 Å². The predicted molar refractivity (Wildman–Crippen MR) is 67.1 cm³/mol. The molecule has 0 aliphatic rings. The monoisotopic (exact) mass is 269 g/mol. The van der Waals surface area contributed by atoms with E-state index >= 15 is 0 Å². The van der Waals surface area contributed by atoms with Gasteiger partial charge in [-0.25, -0.2) is 8.42 Å². The number of aliphatic hydroxyl groups is 1. The Morgan fingerprint density at radius 2 is 2.17 bits per heavy atom. The molecule has 0 bridgehead atoms. The summed E-state index contributed by atoms with van der Waals surface area (Å²) < 4.78 is 25.5. The van der Waals surface area contributed by atoms with Crippen molar-refractivity contribution in [2.75, 3.05) is 19.4 Å². The van der Waals surface area contributed by atoms with Crippen LogP contribution in [0, 0.1) is 11.3 Å². The highest BCUT2D eigenvalue weighted by Crippen LogP contribution is 2.23. The maximum atomic E-state index is 12.2. The molecule has 3 N–H and O–H groups in total. The highest BCUT2D eigenvalue weighted by Gasteiger charge is 2.26. The third kappa shape index (κ3) is 2.61. The average Bonchev–Trinajstić information content (AvgIpc) is 2.36. The van der Waals surface area contributed by atoms with Gasteiger partial charge in [0, 0.05) is 13.1 Å². The number of sulfonamides is 1. The van der Waals surface area contributed by atoms with Crippen LogP contribution >= 0.6 is 0 Å². The van der Waals surface area contributed by atoms with Gasteiger partial charge < -0.3 is 10.8 Å². The van der Waals surface area contributed by atoms with Crippen molar-refractivity contribution in [2.24, 2.45) is 0 Å². The maximum Gasteiger partial charge on any atom is 0.245 e. The number of benzene rings is 1. The first-order valence-electron chi connectivity index (χ1n) is 5.23. The fourth-order valence-corrected chi connectivity index (χ4v) is 2.81. The van der Waals surface area contributed by atoms with E-state index in [2.05, 4.69) is 0 Å². The zero-order valence-corrected chi connectivity index (χ0v) is 11.0. The van der Waals surface area contributed by atoms with Gasteiger partial charge in [0.05, 0.1) is 23.9 Å². The molecule has 18 heavy (non-hydrogen) atoms. The lowest BCUT2D eigenvalue weighted by Crippen LogP contribution is -2.37. The molecule has 1 aromatic rings. The van der Waals surface area contributed by atoms with Crippen LogP contribution in [0.3, 0.4) is 0 Å². The Labute approximate surface area is 106 Å². The van der Waals surface area contributed by atoms with E-state index in [1.54, 1.807) is 6.92 Å². The van der Waals surface area contributed by atoms with E-state index in [1.165, 1.54) is 25.2 Å². The number of rotatable bonds is 4. The van der Waals surface area contributed by atoms with E-state index in [-0.39, 0.29) is 17.2 Å². The normalized spacial score (nSPS) is 13.3. The molecule has 0 radical (unpaired) electrons. The third-order valence-corrected chi connectivity index (χ3v) is 4.73. The maximum absolute atomic E-state index is 12.2. The summed E-state index contributed by atoms with van der Waals surface area (Å²) >= 11 is 0. The van der Waals surface area contributed by atoms with Gasteiger partial charge >= 0.3 is 0 Å². The van der Waals surface area contributed by atoms with Gasteiger partial charge in [0.1, 0.15) is 4.90 Å². The standard InChI is InChI=1S/C11H15N3O3S/c1-8(7-15)14(2)18(16,17)11-4-3-9(6-12)5-10(11)13/h3-5,8,15H,7,13H2,1-2H3. The highest BCUT2D eigenvalue weighted by molar-refractivity contribution is 7.89. The summed E-state index contributed by atoms with van der Waals surface area (Å²) in [6.07, 6.45) is 0. The molecule has 1 atom stereocenters. The molecular formula is C11H15N3O3S. The lowest BCUT2D eigenvalue weighted by atomic mass is 10.2.